The van der Waals surface area contributed by atoms with Crippen molar-refractivity contribution >= 4 is 23.2 Å². The molecule has 31 heavy (non-hydrogen) atoms. The van der Waals surface area contributed by atoms with Gasteiger partial charge in [0.2, 0.25) is 11.9 Å². The van der Waals surface area contributed by atoms with Crippen LogP contribution < -0.4 is 10.2 Å². The zero-order valence-corrected chi connectivity index (χ0v) is 18.9. The molecule has 9 heteroatoms. The molecular formula is C22H29N7OS. The molecule has 0 amide bonds. The Balaban J connectivity index is 1.60. The number of morpholine rings is 1. The molecule has 0 unspecified atom stereocenters. The summed E-state index contributed by atoms with van der Waals surface area (Å²) < 4.78 is 5.45. The van der Waals surface area contributed by atoms with Crippen LogP contribution in [-0.2, 0) is 4.74 Å². The molecule has 8 nitrogen and oxygen atoms in total. The average molecular weight is 440 g/mol. The first-order chi connectivity index (χ1) is 15.3. The van der Waals surface area contributed by atoms with E-state index >= 15 is 0 Å². The van der Waals surface area contributed by atoms with Gasteiger partial charge in [-0.15, -0.1) is 11.3 Å². The molecule has 164 valence electrons. The Morgan fingerprint density at radius 3 is 2.71 bits per heavy atom. The summed E-state index contributed by atoms with van der Waals surface area (Å²) in [5, 5.41) is 5.44. The van der Waals surface area contributed by atoms with Gasteiger partial charge in [-0.05, 0) is 30.6 Å². The van der Waals surface area contributed by atoms with Gasteiger partial charge in [-0.1, -0.05) is 19.9 Å². The van der Waals surface area contributed by atoms with E-state index in [2.05, 4.69) is 50.4 Å². The van der Waals surface area contributed by atoms with E-state index in [-0.39, 0.29) is 0 Å². The molecule has 1 aliphatic heterocycles. The monoisotopic (exact) mass is 439 g/mol. The fourth-order valence-electron chi connectivity index (χ4n) is 3.54. The summed E-state index contributed by atoms with van der Waals surface area (Å²) in [6.07, 6.45) is 3.68. The molecule has 4 rings (SSSR count). The summed E-state index contributed by atoms with van der Waals surface area (Å²) in [6, 6.07) is 6.05. The molecule has 1 fully saturated rings. The molecule has 4 heterocycles. The van der Waals surface area contributed by atoms with Crippen molar-refractivity contribution in [2.45, 2.75) is 13.8 Å². The van der Waals surface area contributed by atoms with Gasteiger partial charge in [0, 0.05) is 44.1 Å². The minimum Gasteiger partial charge on any atom is -0.378 e. The fraction of sp³-hybridized carbons (Fsp3) is 0.455. The zero-order chi connectivity index (χ0) is 21.5. The molecule has 3 aromatic heterocycles. The van der Waals surface area contributed by atoms with Crippen molar-refractivity contribution in [3.63, 3.8) is 0 Å². The molecule has 0 spiro atoms. The Bertz CT molecular complexity index is 956. The van der Waals surface area contributed by atoms with E-state index in [1.807, 2.05) is 24.5 Å². The number of anilines is 2. The first-order valence-corrected chi connectivity index (χ1v) is 11.7. The van der Waals surface area contributed by atoms with Crippen LogP contribution in [-0.4, -0.2) is 77.3 Å². The number of thiophene rings is 1. The Morgan fingerprint density at radius 2 is 1.97 bits per heavy atom. The van der Waals surface area contributed by atoms with E-state index in [4.69, 9.17) is 14.7 Å². The van der Waals surface area contributed by atoms with Gasteiger partial charge >= 0.3 is 0 Å². The second kappa shape index (κ2) is 10.6. The van der Waals surface area contributed by atoms with Crippen LogP contribution in [0.1, 0.15) is 13.8 Å². The second-order valence-corrected chi connectivity index (χ2v) is 8.18. The highest BCUT2D eigenvalue weighted by Crippen LogP contribution is 2.33. The predicted octanol–water partition coefficient (Wildman–Crippen LogP) is 3.25. The van der Waals surface area contributed by atoms with Crippen molar-refractivity contribution in [1.82, 2.24) is 24.8 Å². The van der Waals surface area contributed by atoms with Crippen LogP contribution in [0.25, 0.3) is 21.8 Å². The van der Waals surface area contributed by atoms with Crippen molar-refractivity contribution in [3.8, 4) is 21.8 Å². The van der Waals surface area contributed by atoms with Crippen molar-refractivity contribution in [1.29, 1.82) is 0 Å². The Hall–Kier alpha value is -2.62. The van der Waals surface area contributed by atoms with Gasteiger partial charge in [0.15, 0.2) is 0 Å². The second-order valence-electron chi connectivity index (χ2n) is 7.23. The van der Waals surface area contributed by atoms with E-state index < -0.39 is 0 Å². The quantitative estimate of drug-likeness (QED) is 0.544. The molecule has 1 saturated heterocycles. The number of rotatable bonds is 9. The van der Waals surface area contributed by atoms with Gasteiger partial charge in [-0.25, -0.2) is 19.9 Å². The van der Waals surface area contributed by atoms with Crippen LogP contribution in [0.3, 0.4) is 0 Å². The van der Waals surface area contributed by atoms with Gasteiger partial charge in [0.05, 0.1) is 29.5 Å². The normalized spacial score (nSPS) is 14.2. The average Bonchev–Trinajstić information content (AvgIpc) is 3.37. The number of hydrogen-bond acceptors (Lipinski definition) is 9. The third kappa shape index (κ3) is 5.36. The topological polar surface area (TPSA) is 79.3 Å². The zero-order valence-electron chi connectivity index (χ0n) is 18.1. The van der Waals surface area contributed by atoms with E-state index in [1.165, 1.54) is 0 Å². The standard InChI is InChI=1S/C22H29N7OS/c1-3-28(4-2)10-9-23-21-25-16-17(20(27-21)19-6-5-15-31-19)18-7-8-24-22(26-18)29-11-13-30-14-12-29/h5-8,15-16H,3-4,9-14H2,1-2H3,(H,23,25,27). The lowest BCUT2D eigenvalue weighted by atomic mass is 10.1. The van der Waals surface area contributed by atoms with Gasteiger partial charge in [-0.3, -0.25) is 0 Å². The highest BCUT2D eigenvalue weighted by Gasteiger charge is 2.18. The van der Waals surface area contributed by atoms with E-state index in [0.29, 0.717) is 19.2 Å². The van der Waals surface area contributed by atoms with E-state index in [0.717, 1.165) is 67.0 Å². The molecule has 0 aromatic carbocycles. The van der Waals surface area contributed by atoms with Crippen LogP contribution in [0.5, 0.6) is 0 Å². The number of nitrogens with one attached hydrogen (secondary N) is 1. The molecule has 1 N–H and O–H groups in total. The highest BCUT2D eigenvalue weighted by molar-refractivity contribution is 7.13. The third-order valence-electron chi connectivity index (χ3n) is 5.36. The Morgan fingerprint density at radius 1 is 1.13 bits per heavy atom. The molecular weight excluding hydrogens is 410 g/mol. The van der Waals surface area contributed by atoms with Crippen molar-refractivity contribution in [2.24, 2.45) is 0 Å². The van der Waals surface area contributed by atoms with Crippen molar-refractivity contribution in [3.05, 3.63) is 36.0 Å². The molecule has 0 radical (unpaired) electrons. The minimum absolute atomic E-state index is 0.641. The molecule has 3 aromatic rings. The Labute approximate surface area is 187 Å². The summed E-state index contributed by atoms with van der Waals surface area (Å²) in [5.41, 5.74) is 2.63. The summed E-state index contributed by atoms with van der Waals surface area (Å²) in [5.74, 6) is 1.36. The van der Waals surface area contributed by atoms with Crippen LogP contribution in [0.15, 0.2) is 36.0 Å². The van der Waals surface area contributed by atoms with Crippen molar-refractivity contribution in [2.75, 3.05) is 62.7 Å². The maximum atomic E-state index is 5.45. The SMILES string of the molecule is CCN(CC)CCNc1ncc(-c2ccnc(N3CCOCC3)n2)c(-c2cccs2)n1. The maximum Gasteiger partial charge on any atom is 0.226 e. The number of hydrogen-bond donors (Lipinski definition) is 1. The number of nitrogens with zero attached hydrogens (tertiary/aromatic N) is 6. The number of ether oxygens (including phenoxy) is 1. The summed E-state index contributed by atoms with van der Waals surface area (Å²) in [4.78, 5) is 24.4. The minimum atomic E-state index is 0.641. The lowest BCUT2D eigenvalue weighted by Gasteiger charge is -2.26. The first-order valence-electron chi connectivity index (χ1n) is 10.8. The van der Waals surface area contributed by atoms with Gasteiger partial charge in [0.1, 0.15) is 0 Å². The molecule has 0 bridgehead atoms. The lowest BCUT2D eigenvalue weighted by molar-refractivity contribution is 0.122. The molecule has 1 aliphatic rings. The number of likely N-dealkylation sites (N-methyl/N-ethyl adjacent to an activating group) is 1. The van der Waals surface area contributed by atoms with E-state index in [9.17, 15) is 0 Å². The summed E-state index contributed by atoms with van der Waals surface area (Å²) in [7, 11) is 0. The van der Waals surface area contributed by atoms with Crippen LogP contribution in [0.2, 0.25) is 0 Å². The fourth-order valence-corrected chi connectivity index (χ4v) is 4.26. The van der Waals surface area contributed by atoms with Crippen molar-refractivity contribution < 1.29 is 4.74 Å². The smallest absolute Gasteiger partial charge is 0.226 e. The Kier molecular flexibility index (Phi) is 7.39. The van der Waals surface area contributed by atoms with Crippen LogP contribution in [0, 0.1) is 0 Å². The first kappa shape index (κ1) is 21.6. The third-order valence-corrected chi connectivity index (χ3v) is 6.24. The molecule has 0 aliphatic carbocycles. The van der Waals surface area contributed by atoms with Crippen LogP contribution >= 0.6 is 11.3 Å². The van der Waals surface area contributed by atoms with Gasteiger partial charge in [0.25, 0.3) is 0 Å². The van der Waals surface area contributed by atoms with Crippen LogP contribution in [0.4, 0.5) is 11.9 Å². The largest absolute Gasteiger partial charge is 0.378 e. The van der Waals surface area contributed by atoms with E-state index in [1.54, 1.807) is 11.3 Å². The molecule has 0 saturated carbocycles. The summed E-state index contributed by atoms with van der Waals surface area (Å²) in [6.45, 7) is 11.2. The lowest BCUT2D eigenvalue weighted by Crippen LogP contribution is -2.37. The van der Waals surface area contributed by atoms with Gasteiger partial charge in [-0.2, -0.15) is 0 Å². The molecule has 0 atom stereocenters. The summed E-state index contributed by atoms with van der Waals surface area (Å²) >= 11 is 1.67. The highest BCUT2D eigenvalue weighted by atomic mass is 32.1. The number of aromatic nitrogens is 4. The predicted molar refractivity (Wildman–Crippen MR) is 126 cm³/mol. The maximum absolute atomic E-state index is 5.45. The van der Waals surface area contributed by atoms with Gasteiger partial charge < -0.3 is 19.9 Å².